The summed E-state index contributed by atoms with van der Waals surface area (Å²) in [6.07, 6.45) is -1.73. The molecule has 0 radical (unpaired) electrons. The van der Waals surface area contributed by atoms with Crippen LogP contribution in [-0.2, 0) is 35.3 Å². The summed E-state index contributed by atoms with van der Waals surface area (Å²) in [4.78, 5) is 62.6. The number of nitrogens with one attached hydrogen (secondary N) is 2. The van der Waals surface area contributed by atoms with E-state index in [9.17, 15) is 24.0 Å². The first-order valence-electron chi connectivity index (χ1n) is 10.6. The molecule has 186 valence electrons. The average molecular weight is 479 g/mol. The van der Waals surface area contributed by atoms with Gasteiger partial charge in [0, 0.05) is 13.1 Å². The number of amides is 4. The number of carbonyl (C=O) groups excluding carboxylic acids is 4. The molecule has 0 spiro atoms. The highest BCUT2D eigenvalue weighted by Gasteiger charge is 2.44. The number of alkyl carbamates (subject to hydrolysis) is 1. The first-order chi connectivity index (χ1) is 16.0. The summed E-state index contributed by atoms with van der Waals surface area (Å²) in [5, 5.41) is 13.9. The third-order valence-electron chi connectivity index (χ3n) is 4.75. The SMILES string of the molecule is CC(C)(C)OC(NC=O)[C@H]1C(=O)N(CC(=O)O)CCN1C(=O)CNC(=O)OCc1ccccc1. The third kappa shape index (κ3) is 8.03. The van der Waals surface area contributed by atoms with E-state index in [-0.39, 0.29) is 19.7 Å². The molecule has 0 saturated carbocycles. The van der Waals surface area contributed by atoms with Crippen LogP contribution in [0.4, 0.5) is 4.79 Å². The molecule has 1 saturated heterocycles. The monoisotopic (exact) mass is 478 g/mol. The molecule has 1 aliphatic rings. The number of piperazine rings is 1. The second kappa shape index (κ2) is 12.0. The van der Waals surface area contributed by atoms with Crippen molar-refractivity contribution in [2.75, 3.05) is 26.2 Å². The predicted molar refractivity (Wildman–Crippen MR) is 118 cm³/mol. The second-order valence-corrected chi connectivity index (χ2v) is 8.54. The zero-order chi connectivity index (χ0) is 25.3. The molecule has 0 bridgehead atoms. The Hall–Kier alpha value is -3.67. The van der Waals surface area contributed by atoms with E-state index in [2.05, 4.69) is 10.6 Å². The number of hydrogen-bond donors (Lipinski definition) is 3. The molecule has 1 unspecified atom stereocenters. The number of carboxylic acids is 1. The normalized spacial score (nSPS) is 17.0. The molecule has 0 aliphatic carbocycles. The minimum Gasteiger partial charge on any atom is -0.480 e. The summed E-state index contributed by atoms with van der Waals surface area (Å²) in [6.45, 7) is 4.02. The van der Waals surface area contributed by atoms with Gasteiger partial charge in [0.1, 0.15) is 19.7 Å². The number of carboxylic acid groups (broad SMARTS) is 1. The van der Waals surface area contributed by atoms with Gasteiger partial charge in [-0.15, -0.1) is 0 Å². The molecule has 34 heavy (non-hydrogen) atoms. The lowest BCUT2D eigenvalue weighted by molar-refractivity contribution is -0.171. The fraction of sp³-hybridized carbons (Fsp3) is 0.500. The number of hydrogen-bond acceptors (Lipinski definition) is 7. The van der Waals surface area contributed by atoms with Crippen molar-refractivity contribution in [3.8, 4) is 0 Å². The van der Waals surface area contributed by atoms with Gasteiger partial charge in [-0.1, -0.05) is 30.3 Å². The van der Waals surface area contributed by atoms with Gasteiger partial charge in [-0.2, -0.15) is 0 Å². The van der Waals surface area contributed by atoms with Crippen LogP contribution in [0.5, 0.6) is 0 Å². The molecule has 1 fully saturated rings. The van der Waals surface area contributed by atoms with Crippen LogP contribution < -0.4 is 10.6 Å². The molecule has 2 atom stereocenters. The van der Waals surface area contributed by atoms with Gasteiger partial charge < -0.3 is 35.0 Å². The largest absolute Gasteiger partial charge is 0.480 e. The fourth-order valence-corrected chi connectivity index (χ4v) is 3.35. The topological polar surface area (TPSA) is 155 Å². The van der Waals surface area contributed by atoms with Crippen LogP contribution >= 0.6 is 0 Å². The van der Waals surface area contributed by atoms with Crippen LogP contribution in [0.25, 0.3) is 0 Å². The average Bonchev–Trinajstić information content (AvgIpc) is 2.76. The van der Waals surface area contributed by atoms with Crippen LogP contribution in [0, 0.1) is 0 Å². The summed E-state index contributed by atoms with van der Waals surface area (Å²) >= 11 is 0. The number of benzene rings is 1. The van der Waals surface area contributed by atoms with Crippen LogP contribution in [-0.4, -0.2) is 89.2 Å². The van der Waals surface area contributed by atoms with E-state index in [1.807, 2.05) is 6.07 Å². The smallest absolute Gasteiger partial charge is 0.407 e. The lowest BCUT2D eigenvalue weighted by Crippen LogP contribution is -2.67. The Kier molecular flexibility index (Phi) is 9.36. The summed E-state index contributed by atoms with van der Waals surface area (Å²) in [7, 11) is 0. The maximum absolute atomic E-state index is 13.1. The maximum Gasteiger partial charge on any atom is 0.407 e. The Morgan fingerprint density at radius 3 is 2.47 bits per heavy atom. The maximum atomic E-state index is 13.1. The highest BCUT2D eigenvalue weighted by Crippen LogP contribution is 2.20. The molecule has 1 aromatic carbocycles. The Bertz CT molecular complexity index is 887. The second-order valence-electron chi connectivity index (χ2n) is 8.54. The van der Waals surface area contributed by atoms with Gasteiger partial charge in [0.15, 0.2) is 12.3 Å². The van der Waals surface area contributed by atoms with E-state index < -0.39 is 54.8 Å². The van der Waals surface area contributed by atoms with Crippen molar-refractivity contribution in [3.05, 3.63) is 35.9 Å². The number of nitrogens with zero attached hydrogens (tertiary/aromatic N) is 2. The minimum absolute atomic E-state index is 0.0145. The zero-order valence-electron chi connectivity index (χ0n) is 19.4. The number of carbonyl (C=O) groups is 5. The fourth-order valence-electron chi connectivity index (χ4n) is 3.35. The van der Waals surface area contributed by atoms with Crippen molar-refractivity contribution in [2.24, 2.45) is 0 Å². The quantitative estimate of drug-likeness (QED) is 0.312. The van der Waals surface area contributed by atoms with Crippen molar-refractivity contribution in [1.29, 1.82) is 0 Å². The molecular weight excluding hydrogens is 448 g/mol. The van der Waals surface area contributed by atoms with Gasteiger partial charge >= 0.3 is 12.1 Å². The highest BCUT2D eigenvalue weighted by molar-refractivity contribution is 5.92. The Morgan fingerprint density at radius 2 is 1.88 bits per heavy atom. The van der Waals surface area contributed by atoms with E-state index in [1.165, 1.54) is 0 Å². The van der Waals surface area contributed by atoms with Gasteiger partial charge in [0.25, 0.3) is 5.91 Å². The summed E-state index contributed by atoms with van der Waals surface area (Å²) in [5.41, 5.74) is -0.0316. The summed E-state index contributed by atoms with van der Waals surface area (Å²) in [5.74, 6) is -2.54. The predicted octanol–water partition coefficient (Wildman–Crippen LogP) is -0.0760. The van der Waals surface area contributed by atoms with E-state index in [1.54, 1.807) is 45.0 Å². The standard InChI is InChI=1S/C22H30N4O8/c1-22(2,3)34-19(24-14-27)18-20(31)25(12-17(29)30)9-10-26(18)16(28)11-23-21(32)33-13-15-7-5-4-6-8-15/h4-8,14,18-19H,9-13H2,1-3H3,(H,23,32)(H,24,27)(H,29,30)/t18-,19?/m0/s1. The first kappa shape index (κ1) is 26.6. The van der Waals surface area contributed by atoms with Gasteiger partial charge in [-0.25, -0.2) is 4.79 Å². The van der Waals surface area contributed by atoms with E-state index >= 15 is 0 Å². The van der Waals surface area contributed by atoms with Crippen LogP contribution in [0.1, 0.15) is 26.3 Å². The Morgan fingerprint density at radius 1 is 1.21 bits per heavy atom. The summed E-state index contributed by atoms with van der Waals surface area (Å²) < 4.78 is 10.9. The van der Waals surface area contributed by atoms with E-state index in [0.717, 1.165) is 15.4 Å². The molecule has 4 amide bonds. The molecule has 1 aromatic rings. The Balaban J connectivity index is 2.11. The molecule has 12 nitrogen and oxygen atoms in total. The van der Waals surface area contributed by atoms with Gasteiger partial charge in [0.05, 0.1) is 5.60 Å². The molecule has 0 aromatic heterocycles. The van der Waals surface area contributed by atoms with Crippen molar-refractivity contribution in [3.63, 3.8) is 0 Å². The molecule has 2 rings (SSSR count). The van der Waals surface area contributed by atoms with Gasteiger partial charge in [-0.3, -0.25) is 19.2 Å². The number of ether oxygens (including phenoxy) is 2. The lowest BCUT2D eigenvalue weighted by Gasteiger charge is -2.44. The van der Waals surface area contributed by atoms with Crippen molar-refractivity contribution in [1.82, 2.24) is 20.4 Å². The van der Waals surface area contributed by atoms with Crippen LogP contribution in [0.15, 0.2) is 30.3 Å². The van der Waals surface area contributed by atoms with Gasteiger partial charge in [-0.05, 0) is 26.3 Å². The lowest BCUT2D eigenvalue weighted by atomic mass is 10.1. The third-order valence-corrected chi connectivity index (χ3v) is 4.75. The first-order valence-corrected chi connectivity index (χ1v) is 10.6. The molecular formula is C22H30N4O8. The van der Waals surface area contributed by atoms with Crippen LogP contribution in [0.2, 0.25) is 0 Å². The molecule has 1 heterocycles. The van der Waals surface area contributed by atoms with E-state index in [4.69, 9.17) is 14.6 Å². The highest BCUT2D eigenvalue weighted by atomic mass is 16.5. The molecule has 3 N–H and O–H groups in total. The van der Waals surface area contributed by atoms with E-state index in [0.29, 0.717) is 6.41 Å². The minimum atomic E-state index is -1.33. The van der Waals surface area contributed by atoms with Crippen molar-refractivity contribution in [2.45, 2.75) is 45.2 Å². The number of aliphatic carboxylic acids is 1. The van der Waals surface area contributed by atoms with Crippen molar-refractivity contribution >= 4 is 30.3 Å². The summed E-state index contributed by atoms with van der Waals surface area (Å²) in [6, 6.07) is 7.65. The van der Waals surface area contributed by atoms with Crippen molar-refractivity contribution < 1.29 is 38.6 Å². The molecule has 1 aliphatic heterocycles. The number of rotatable bonds is 10. The van der Waals surface area contributed by atoms with Gasteiger partial charge in [0.2, 0.25) is 12.3 Å². The zero-order valence-corrected chi connectivity index (χ0v) is 19.4. The van der Waals surface area contributed by atoms with Crippen LogP contribution in [0.3, 0.4) is 0 Å². The Labute approximate surface area is 197 Å². The molecule has 12 heteroatoms.